The first-order chi connectivity index (χ1) is 8.18. The molecule has 0 saturated heterocycles. The number of rotatable bonds is 0. The van der Waals surface area contributed by atoms with Gasteiger partial charge in [0, 0.05) is 11.8 Å². The molecule has 94 valence electrons. The highest BCUT2D eigenvalue weighted by atomic mass is 35.5. The molecule has 4 aliphatic carbocycles. The highest BCUT2D eigenvalue weighted by Gasteiger charge is 2.87. The van der Waals surface area contributed by atoms with E-state index in [2.05, 4.69) is 6.07 Å². The Hall–Kier alpha value is -0.270. The third-order valence-corrected chi connectivity index (χ3v) is 6.77. The Morgan fingerprint density at radius 3 is 1.67 bits per heavy atom. The standard InChI is InChI=1S/C11H5Cl4NO2/c1-9(2-16)3-4(9)11(15)6(13)5(12)10(3,14)7(17)8(11)18/h3-4H,1H3/t3-,4+,9?,10+,11-. The smallest absolute Gasteiger partial charge is 0.227 e. The average molecular weight is 325 g/mol. The average Bonchev–Trinajstić information content (AvgIpc) is 2.99. The summed E-state index contributed by atoms with van der Waals surface area (Å²) < 4.78 is 0. The van der Waals surface area contributed by atoms with E-state index in [0.717, 1.165) is 0 Å². The zero-order chi connectivity index (χ0) is 13.7. The van der Waals surface area contributed by atoms with E-state index in [1.165, 1.54) is 0 Å². The minimum absolute atomic E-state index is 0.120. The number of Topliss-reactive ketones (excluding diaryl/α,β-unsaturated/α-hetero) is 2. The molecule has 0 aromatic carbocycles. The lowest BCUT2D eigenvalue weighted by molar-refractivity contribution is -0.141. The Bertz CT molecular complexity index is 565. The summed E-state index contributed by atoms with van der Waals surface area (Å²) in [6, 6.07) is 2.07. The lowest BCUT2D eigenvalue weighted by atomic mass is 9.72. The van der Waals surface area contributed by atoms with Gasteiger partial charge in [0.2, 0.25) is 11.6 Å². The summed E-state index contributed by atoms with van der Waals surface area (Å²) in [5, 5.41) is 9.00. The van der Waals surface area contributed by atoms with Crippen LogP contribution in [0.5, 0.6) is 0 Å². The van der Waals surface area contributed by atoms with Crippen molar-refractivity contribution in [3.8, 4) is 6.07 Å². The van der Waals surface area contributed by atoms with E-state index in [0.29, 0.717) is 0 Å². The molecule has 0 aromatic rings. The minimum atomic E-state index is -1.72. The molecule has 4 aliphatic rings. The number of hydrogen-bond acceptors (Lipinski definition) is 3. The predicted molar refractivity (Wildman–Crippen MR) is 66.6 cm³/mol. The Morgan fingerprint density at radius 1 is 1.06 bits per heavy atom. The summed E-state index contributed by atoms with van der Waals surface area (Å²) in [7, 11) is 0. The fourth-order valence-electron chi connectivity index (χ4n) is 3.34. The molecule has 5 atom stereocenters. The maximum atomic E-state index is 12.1. The molecule has 2 fully saturated rings. The molecular weight excluding hydrogens is 320 g/mol. The van der Waals surface area contributed by atoms with Crippen molar-refractivity contribution in [1.82, 2.24) is 0 Å². The molecule has 0 amide bonds. The van der Waals surface area contributed by atoms with Crippen LogP contribution in [-0.4, -0.2) is 21.3 Å². The SMILES string of the molecule is CC1(C#N)[C@H]2[C@@H]1[C@]1(Cl)C(=O)C(=O)[C@@]2(Cl)C(Cl)=C1Cl. The first-order valence-electron chi connectivity index (χ1n) is 5.13. The fourth-order valence-corrected chi connectivity index (χ4v) is 5.21. The molecule has 1 unspecified atom stereocenters. The number of hydrogen-bond donors (Lipinski definition) is 0. The van der Waals surface area contributed by atoms with Gasteiger partial charge in [0.25, 0.3) is 0 Å². The van der Waals surface area contributed by atoms with Gasteiger partial charge in [-0.15, -0.1) is 23.2 Å². The van der Waals surface area contributed by atoms with Gasteiger partial charge in [-0.3, -0.25) is 9.59 Å². The van der Waals surface area contributed by atoms with Crippen LogP contribution in [-0.2, 0) is 9.59 Å². The third kappa shape index (κ3) is 0.925. The summed E-state index contributed by atoms with van der Waals surface area (Å²) >= 11 is 24.5. The monoisotopic (exact) mass is 323 g/mol. The highest BCUT2D eigenvalue weighted by molar-refractivity contribution is 6.70. The zero-order valence-corrected chi connectivity index (χ0v) is 12.0. The van der Waals surface area contributed by atoms with E-state index in [4.69, 9.17) is 46.4 Å². The van der Waals surface area contributed by atoms with Crippen LogP contribution >= 0.6 is 46.4 Å². The van der Waals surface area contributed by atoms with E-state index >= 15 is 0 Å². The number of carbonyl (C=O) groups is 2. The number of ketones is 2. The lowest BCUT2D eigenvalue weighted by Gasteiger charge is -2.42. The first kappa shape index (κ1) is 12.7. The minimum Gasteiger partial charge on any atom is -0.288 e. The van der Waals surface area contributed by atoms with Gasteiger partial charge in [-0.25, -0.2) is 0 Å². The van der Waals surface area contributed by atoms with Crippen molar-refractivity contribution in [3.63, 3.8) is 0 Å². The first-order valence-corrected chi connectivity index (χ1v) is 6.64. The van der Waals surface area contributed by atoms with Gasteiger partial charge in [-0.05, 0) is 6.92 Å². The second kappa shape index (κ2) is 3.07. The van der Waals surface area contributed by atoms with E-state index < -0.39 is 38.6 Å². The molecule has 0 aliphatic heterocycles. The second-order valence-corrected chi connectivity index (χ2v) is 7.01. The predicted octanol–water partition coefficient (Wildman–Crippen LogP) is 2.57. The molecule has 4 rings (SSSR count). The van der Waals surface area contributed by atoms with Crippen molar-refractivity contribution in [3.05, 3.63) is 10.1 Å². The Labute approximate surface area is 123 Å². The van der Waals surface area contributed by atoms with E-state index in [1.54, 1.807) is 6.92 Å². The van der Waals surface area contributed by atoms with E-state index in [1.807, 2.05) is 0 Å². The van der Waals surface area contributed by atoms with Crippen LogP contribution in [0.25, 0.3) is 0 Å². The topological polar surface area (TPSA) is 57.9 Å². The van der Waals surface area contributed by atoms with Crippen molar-refractivity contribution >= 4 is 58.0 Å². The van der Waals surface area contributed by atoms with Gasteiger partial charge in [0.05, 0.1) is 21.5 Å². The molecule has 18 heavy (non-hydrogen) atoms. The summed E-state index contributed by atoms with van der Waals surface area (Å²) in [6.07, 6.45) is 0. The maximum Gasteiger partial charge on any atom is 0.227 e. The van der Waals surface area contributed by atoms with Crippen molar-refractivity contribution in [2.75, 3.05) is 0 Å². The number of alkyl halides is 2. The van der Waals surface area contributed by atoms with Crippen LogP contribution in [0.4, 0.5) is 0 Å². The van der Waals surface area contributed by atoms with E-state index in [9.17, 15) is 14.9 Å². The van der Waals surface area contributed by atoms with Crippen molar-refractivity contribution in [2.45, 2.75) is 16.7 Å². The third-order valence-electron chi connectivity index (χ3n) is 4.31. The van der Waals surface area contributed by atoms with Gasteiger partial charge in [-0.1, -0.05) is 23.2 Å². The summed E-state index contributed by atoms with van der Waals surface area (Å²) in [6.45, 7) is 1.61. The van der Waals surface area contributed by atoms with Gasteiger partial charge in [0.15, 0.2) is 9.75 Å². The Morgan fingerprint density at radius 2 is 1.39 bits per heavy atom. The van der Waals surface area contributed by atoms with Gasteiger partial charge >= 0.3 is 0 Å². The normalized spacial score (nSPS) is 53.3. The highest BCUT2D eigenvalue weighted by Crippen LogP contribution is 2.79. The molecular formula is C11H5Cl4NO2. The van der Waals surface area contributed by atoms with Crippen LogP contribution in [0.15, 0.2) is 10.1 Å². The van der Waals surface area contributed by atoms with Crippen LogP contribution in [0.2, 0.25) is 0 Å². The lowest BCUT2D eigenvalue weighted by Crippen LogP contribution is -2.60. The van der Waals surface area contributed by atoms with Gasteiger partial charge in [-0.2, -0.15) is 5.26 Å². The van der Waals surface area contributed by atoms with Crippen LogP contribution in [0.1, 0.15) is 6.92 Å². The van der Waals surface area contributed by atoms with Crippen molar-refractivity contribution < 1.29 is 9.59 Å². The number of halogens is 4. The molecule has 3 nitrogen and oxygen atoms in total. The fraction of sp³-hybridized carbons (Fsp3) is 0.545. The van der Waals surface area contributed by atoms with Crippen molar-refractivity contribution in [1.29, 1.82) is 5.26 Å². The maximum absolute atomic E-state index is 12.1. The second-order valence-electron chi connectivity index (χ2n) is 5.06. The molecule has 2 bridgehead atoms. The number of nitriles is 1. The number of nitrogens with zero attached hydrogens (tertiary/aromatic N) is 1. The number of fused-ring (bicyclic) bond motifs is 1. The van der Waals surface area contributed by atoms with E-state index in [-0.39, 0.29) is 10.1 Å². The van der Waals surface area contributed by atoms with Gasteiger partial charge < -0.3 is 0 Å². The molecule has 0 N–H and O–H groups in total. The molecule has 0 spiro atoms. The van der Waals surface area contributed by atoms with Crippen LogP contribution in [0, 0.1) is 28.6 Å². The van der Waals surface area contributed by atoms with Crippen LogP contribution in [0.3, 0.4) is 0 Å². The Balaban J connectivity index is 2.37. The molecule has 0 aromatic heterocycles. The van der Waals surface area contributed by atoms with Crippen molar-refractivity contribution in [2.24, 2.45) is 17.3 Å². The Kier molecular flexibility index (Phi) is 2.17. The summed E-state index contributed by atoms with van der Waals surface area (Å²) in [5.41, 5.74) is -0.970. The molecule has 0 heterocycles. The largest absolute Gasteiger partial charge is 0.288 e. The molecule has 0 radical (unpaired) electrons. The zero-order valence-electron chi connectivity index (χ0n) is 8.93. The summed E-state index contributed by atoms with van der Waals surface area (Å²) in [4.78, 5) is 20.7. The number of allylic oxidation sites excluding steroid dienone is 2. The summed E-state index contributed by atoms with van der Waals surface area (Å²) in [5.74, 6) is -2.88. The quantitative estimate of drug-likeness (QED) is 0.508. The number of carbonyl (C=O) groups excluding carboxylic acids is 2. The van der Waals surface area contributed by atoms with Crippen LogP contribution < -0.4 is 0 Å². The molecule has 2 saturated carbocycles. The van der Waals surface area contributed by atoms with Gasteiger partial charge in [0.1, 0.15) is 0 Å². The molecule has 7 heteroatoms.